The molecule has 0 radical (unpaired) electrons. The third-order valence-corrected chi connectivity index (χ3v) is 3.20. The highest BCUT2D eigenvalue weighted by atomic mass is 35.5. The van der Waals surface area contributed by atoms with Gasteiger partial charge in [-0.05, 0) is 42.8 Å². The van der Waals surface area contributed by atoms with E-state index in [1.165, 1.54) is 0 Å². The van der Waals surface area contributed by atoms with Crippen LogP contribution in [-0.4, -0.2) is 11.9 Å². The third kappa shape index (κ3) is 5.64. The average Bonchev–Trinajstić information content (AvgIpc) is 2.47. The number of amides is 3. The zero-order valence-electron chi connectivity index (χ0n) is 12.7. The molecule has 0 saturated carbocycles. The van der Waals surface area contributed by atoms with E-state index in [4.69, 9.17) is 11.6 Å². The highest BCUT2D eigenvalue weighted by molar-refractivity contribution is 6.30. The van der Waals surface area contributed by atoms with Crippen molar-refractivity contribution in [3.05, 3.63) is 53.6 Å². The van der Waals surface area contributed by atoms with Crippen LogP contribution < -0.4 is 16.0 Å². The lowest BCUT2D eigenvalue weighted by Crippen LogP contribution is -2.19. The van der Waals surface area contributed by atoms with E-state index in [0.29, 0.717) is 28.5 Å². The van der Waals surface area contributed by atoms with E-state index in [1.54, 1.807) is 48.5 Å². The molecule has 0 aliphatic heterocycles. The van der Waals surface area contributed by atoms with E-state index >= 15 is 0 Å². The van der Waals surface area contributed by atoms with Crippen molar-refractivity contribution in [2.24, 2.45) is 0 Å². The normalized spacial score (nSPS) is 10.0. The fourth-order valence-electron chi connectivity index (χ4n) is 1.98. The topological polar surface area (TPSA) is 70.2 Å². The van der Waals surface area contributed by atoms with Gasteiger partial charge in [0.15, 0.2) is 0 Å². The molecular weight excluding hydrogens is 314 g/mol. The Labute approximate surface area is 140 Å². The highest BCUT2D eigenvalue weighted by Gasteiger charge is 2.05. The van der Waals surface area contributed by atoms with Crippen molar-refractivity contribution >= 4 is 40.6 Å². The lowest BCUT2D eigenvalue weighted by atomic mass is 10.2. The molecule has 0 aromatic heterocycles. The Bertz CT molecular complexity index is 704. The molecular formula is C17H18ClN3O2. The molecule has 5 nitrogen and oxygen atoms in total. The van der Waals surface area contributed by atoms with Gasteiger partial charge in [-0.3, -0.25) is 4.79 Å². The molecule has 0 aliphatic rings. The van der Waals surface area contributed by atoms with Gasteiger partial charge in [-0.1, -0.05) is 30.7 Å². The van der Waals surface area contributed by atoms with Gasteiger partial charge in [0.2, 0.25) is 5.91 Å². The molecule has 0 aliphatic carbocycles. The summed E-state index contributed by atoms with van der Waals surface area (Å²) < 4.78 is 0. The second-order valence-electron chi connectivity index (χ2n) is 4.97. The van der Waals surface area contributed by atoms with Crippen molar-refractivity contribution in [1.29, 1.82) is 0 Å². The van der Waals surface area contributed by atoms with Gasteiger partial charge < -0.3 is 16.0 Å². The maximum Gasteiger partial charge on any atom is 0.323 e. The van der Waals surface area contributed by atoms with Gasteiger partial charge in [0.05, 0.1) is 0 Å². The molecule has 0 unspecified atom stereocenters. The van der Waals surface area contributed by atoms with Crippen molar-refractivity contribution in [3.8, 4) is 0 Å². The first-order valence-corrected chi connectivity index (χ1v) is 7.68. The minimum Gasteiger partial charge on any atom is -0.326 e. The molecule has 2 aromatic rings. The number of hydrogen-bond acceptors (Lipinski definition) is 2. The van der Waals surface area contributed by atoms with Crippen LogP contribution in [0.3, 0.4) is 0 Å². The summed E-state index contributed by atoms with van der Waals surface area (Å²) >= 11 is 5.87. The fourth-order valence-corrected chi connectivity index (χ4v) is 2.18. The Morgan fingerprint density at radius 2 is 1.48 bits per heavy atom. The molecule has 23 heavy (non-hydrogen) atoms. The summed E-state index contributed by atoms with van der Waals surface area (Å²) in [6.45, 7) is 1.94. The van der Waals surface area contributed by atoms with Gasteiger partial charge in [-0.25, -0.2) is 4.79 Å². The van der Waals surface area contributed by atoms with Gasteiger partial charge in [-0.2, -0.15) is 0 Å². The van der Waals surface area contributed by atoms with Crippen molar-refractivity contribution in [2.75, 3.05) is 16.0 Å². The van der Waals surface area contributed by atoms with Gasteiger partial charge >= 0.3 is 6.03 Å². The number of urea groups is 1. The molecule has 0 atom stereocenters. The zero-order chi connectivity index (χ0) is 16.7. The largest absolute Gasteiger partial charge is 0.326 e. The van der Waals surface area contributed by atoms with Crippen molar-refractivity contribution in [1.82, 2.24) is 0 Å². The van der Waals surface area contributed by atoms with Gasteiger partial charge in [-0.15, -0.1) is 0 Å². The van der Waals surface area contributed by atoms with E-state index in [0.717, 1.165) is 6.42 Å². The molecule has 0 fully saturated rings. The highest BCUT2D eigenvalue weighted by Crippen LogP contribution is 2.17. The van der Waals surface area contributed by atoms with E-state index in [1.807, 2.05) is 6.92 Å². The third-order valence-electron chi connectivity index (χ3n) is 2.96. The minimum atomic E-state index is -0.385. The monoisotopic (exact) mass is 331 g/mol. The summed E-state index contributed by atoms with van der Waals surface area (Å²) in [6, 6.07) is 13.5. The maximum absolute atomic E-state index is 12.0. The molecule has 0 bridgehead atoms. The van der Waals surface area contributed by atoms with Crippen LogP contribution >= 0.6 is 11.6 Å². The van der Waals surface area contributed by atoms with E-state index in [2.05, 4.69) is 16.0 Å². The molecule has 0 heterocycles. The molecule has 0 spiro atoms. The molecule has 3 N–H and O–H groups in total. The Balaban J connectivity index is 1.97. The second kappa shape index (κ2) is 8.19. The van der Waals surface area contributed by atoms with E-state index in [-0.39, 0.29) is 11.9 Å². The van der Waals surface area contributed by atoms with Crippen LogP contribution in [0.2, 0.25) is 5.02 Å². The first-order valence-electron chi connectivity index (χ1n) is 7.30. The van der Waals surface area contributed by atoms with Crippen LogP contribution in [0.4, 0.5) is 21.9 Å². The molecule has 0 saturated heterocycles. The Kier molecular flexibility index (Phi) is 6.00. The molecule has 6 heteroatoms. The lowest BCUT2D eigenvalue weighted by Gasteiger charge is -2.10. The quantitative estimate of drug-likeness (QED) is 0.741. The Morgan fingerprint density at radius 1 is 0.913 bits per heavy atom. The minimum absolute atomic E-state index is 0.0481. The maximum atomic E-state index is 12.0. The van der Waals surface area contributed by atoms with Crippen LogP contribution in [-0.2, 0) is 4.79 Å². The Morgan fingerprint density at radius 3 is 2.09 bits per heavy atom. The SMILES string of the molecule is CCCC(=O)Nc1cccc(NC(=O)Nc2cccc(Cl)c2)c1. The number of anilines is 3. The second-order valence-corrected chi connectivity index (χ2v) is 5.40. The van der Waals surface area contributed by atoms with Crippen molar-refractivity contribution < 1.29 is 9.59 Å². The number of carbonyl (C=O) groups excluding carboxylic acids is 2. The smallest absolute Gasteiger partial charge is 0.323 e. The number of nitrogens with one attached hydrogen (secondary N) is 3. The van der Waals surface area contributed by atoms with E-state index in [9.17, 15) is 9.59 Å². The van der Waals surface area contributed by atoms with Crippen LogP contribution in [0.25, 0.3) is 0 Å². The molecule has 2 aromatic carbocycles. The molecule has 2 rings (SSSR count). The molecule has 3 amide bonds. The van der Waals surface area contributed by atoms with Crippen LogP contribution in [0.5, 0.6) is 0 Å². The van der Waals surface area contributed by atoms with Crippen molar-refractivity contribution in [3.63, 3.8) is 0 Å². The summed E-state index contributed by atoms with van der Waals surface area (Å²) in [4.78, 5) is 23.6. The standard InChI is InChI=1S/C17H18ClN3O2/c1-2-5-16(22)19-14-8-4-9-15(11-14)21-17(23)20-13-7-3-6-12(18)10-13/h3-4,6-11H,2,5H2,1H3,(H,19,22)(H2,20,21,23). The first kappa shape index (κ1) is 16.8. The number of rotatable bonds is 5. The summed E-state index contributed by atoms with van der Waals surface area (Å²) in [6.07, 6.45) is 1.25. The lowest BCUT2D eigenvalue weighted by molar-refractivity contribution is -0.116. The van der Waals surface area contributed by atoms with Gasteiger partial charge in [0, 0.05) is 28.5 Å². The summed E-state index contributed by atoms with van der Waals surface area (Å²) in [5.41, 5.74) is 1.82. The molecule has 120 valence electrons. The summed E-state index contributed by atoms with van der Waals surface area (Å²) in [7, 11) is 0. The number of carbonyl (C=O) groups is 2. The fraction of sp³-hybridized carbons (Fsp3) is 0.176. The predicted octanol–water partition coefficient (Wildman–Crippen LogP) is 4.72. The average molecular weight is 332 g/mol. The van der Waals surface area contributed by atoms with Crippen molar-refractivity contribution in [2.45, 2.75) is 19.8 Å². The first-order chi connectivity index (χ1) is 11.1. The number of halogens is 1. The number of benzene rings is 2. The van der Waals surface area contributed by atoms with Gasteiger partial charge in [0.25, 0.3) is 0 Å². The zero-order valence-corrected chi connectivity index (χ0v) is 13.5. The van der Waals surface area contributed by atoms with Gasteiger partial charge in [0.1, 0.15) is 0 Å². The summed E-state index contributed by atoms with van der Waals surface area (Å²) in [5.74, 6) is -0.0481. The van der Waals surface area contributed by atoms with Crippen LogP contribution in [0, 0.1) is 0 Å². The summed E-state index contributed by atoms with van der Waals surface area (Å²) in [5, 5.41) is 8.73. The van der Waals surface area contributed by atoms with E-state index < -0.39 is 0 Å². The van der Waals surface area contributed by atoms with Crippen LogP contribution in [0.15, 0.2) is 48.5 Å². The van der Waals surface area contributed by atoms with Crippen LogP contribution in [0.1, 0.15) is 19.8 Å². The number of hydrogen-bond donors (Lipinski definition) is 3. The predicted molar refractivity (Wildman–Crippen MR) is 94.1 cm³/mol. The Hall–Kier alpha value is -2.53.